The second-order valence-corrected chi connectivity index (χ2v) is 7.27. The van der Waals surface area contributed by atoms with E-state index in [1.807, 2.05) is 31.2 Å². The van der Waals surface area contributed by atoms with E-state index in [2.05, 4.69) is 29.4 Å². The van der Waals surface area contributed by atoms with E-state index in [1.165, 1.54) is 16.9 Å². The predicted molar refractivity (Wildman–Crippen MR) is 105 cm³/mol. The summed E-state index contributed by atoms with van der Waals surface area (Å²) in [6, 6.07) is 11.8. The van der Waals surface area contributed by atoms with E-state index in [-0.39, 0.29) is 5.91 Å². The van der Waals surface area contributed by atoms with Crippen LogP contribution in [0, 0.1) is 13.8 Å². The topological polar surface area (TPSA) is 60.5 Å². The van der Waals surface area contributed by atoms with Gasteiger partial charge >= 0.3 is 0 Å². The van der Waals surface area contributed by atoms with Crippen LogP contribution < -0.4 is 10.1 Å². The van der Waals surface area contributed by atoms with Crippen molar-refractivity contribution in [2.24, 2.45) is 0 Å². The molecule has 0 fully saturated rings. The Kier molecular flexibility index (Phi) is 5.54. The monoisotopic (exact) mass is 370 g/mol. The highest BCUT2D eigenvalue weighted by Crippen LogP contribution is 2.29. The smallest absolute Gasteiger partial charge is 0.255 e. The average molecular weight is 370 g/mol. The Bertz CT molecular complexity index is 936. The molecule has 136 valence electrons. The molecule has 3 aromatic rings. The number of fused-ring (bicyclic) bond motifs is 1. The van der Waals surface area contributed by atoms with Gasteiger partial charge in [0.25, 0.3) is 5.91 Å². The second-order valence-electron chi connectivity index (χ2n) is 6.24. The quantitative estimate of drug-likeness (QED) is 0.696. The highest BCUT2D eigenvalue weighted by molar-refractivity contribution is 7.22. The zero-order valence-corrected chi connectivity index (χ0v) is 16.1. The molecule has 26 heavy (non-hydrogen) atoms. The Morgan fingerprint density at radius 3 is 2.85 bits per heavy atom. The minimum atomic E-state index is -0.587. The molecular weight excluding hydrogens is 348 g/mol. The third kappa shape index (κ3) is 4.20. The molecule has 1 aromatic heterocycles. The van der Waals surface area contributed by atoms with Crippen molar-refractivity contribution in [3.63, 3.8) is 0 Å². The van der Waals surface area contributed by atoms with Crippen LogP contribution in [0.2, 0.25) is 0 Å². The summed E-state index contributed by atoms with van der Waals surface area (Å²) in [5.41, 5.74) is 4.18. The van der Waals surface area contributed by atoms with Crippen molar-refractivity contribution in [3.8, 4) is 5.75 Å². The normalized spacial score (nSPS) is 12.2. The lowest BCUT2D eigenvalue weighted by atomic mass is 10.1. The highest BCUT2D eigenvalue weighted by atomic mass is 32.1. The molecule has 0 aliphatic carbocycles. The van der Waals surface area contributed by atoms with E-state index in [0.29, 0.717) is 11.7 Å². The number of ether oxygens (including phenoxy) is 2. The summed E-state index contributed by atoms with van der Waals surface area (Å²) < 4.78 is 12.0. The summed E-state index contributed by atoms with van der Waals surface area (Å²) in [6.07, 6.45) is -0.587. The van der Waals surface area contributed by atoms with Crippen molar-refractivity contribution in [2.45, 2.75) is 33.5 Å². The summed E-state index contributed by atoms with van der Waals surface area (Å²) in [4.78, 5) is 16.9. The van der Waals surface area contributed by atoms with E-state index in [1.54, 1.807) is 14.0 Å². The standard InChI is InChI=1S/C20H22N2O3S/c1-12-8-13(2)18-17(9-12)26-20(21-18)22-19(23)14(3)25-11-15-6-5-7-16(10-15)24-4/h5-10,14H,11H2,1-4H3,(H,21,22,23). The lowest BCUT2D eigenvalue weighted by molar-refractivity contribution is -0.127. The molecule has 0 aliphatic heterocycles. The molecule has 0 bridgehead atoms. The Labute approximate surface area is 157 Å². The van der Waals surface area contributed by atoms with Crippen molar-refractivity contribution in [3.05, 3.63) is 53.1 Å². The van der Waals surface area contributed by atoms with Gasteiger partial charge < -0.3 is 9.47 Å². The number of aromatic nitrogens is 1. The fourth-order valence-corrected chi connectivity index (χ4v) is 3.74. The van der Waals surface area contributed by atoms with Gasteiger partial charge in [0.05, 0.1) is 23.9 Å². The summed E-state index contributed by atoms with van der Waals surface area (Å²) in [6.45, 7) is 6.15. The van der Waals surface area contributed by atoms with Crippen molar-refractivity contribution >= 4 is 32.6 Å². The Morgan fingerprint density at radius 1 is 1.27 bits per heavy atom. The van der Waals surface area contributed by atoms with E-state index in [9.17, 15) is 4.79 Å². The van der Waals surface area contributed by atoms with E-state index in [0.717, 1.165) is 27.1 Å². The Hall–Kier alpha value is -2.44. The molecule has 1 atom stereocenters. The average Bonchev–Trinajstić information content (AvgIpc) is 3.02. The minimum Gasteiger partial charge on any atom is -0.497 e. The van der Waals surface area contributed by atoms with Crippen molar-refractivity contribution in [1.82, 2.24) is 4.98 Å². The molecule has 0 spiro atoms. The zero-order chi connectivity index (χ0) is 18.7. The predicted octanol–water partition coefficient (Wildman–Crippen LogP) is 4.47. The molecule has 1 unspecified atom stereocenters. The number of amides is 1. The fraction of sp³-hybridized carbons (Fsp3) is 0.300. The zero-order valence-electron chi connectivity index (χ0n) is 15.3. The first-order valence-electron chi connectivity index (χ1n) is 8.39. The van der Waals surface area contributed by atoms with Gasteiger partial charge in [0, 0.05) is 0 Å². The van der Waals surface area contributed by atoms with Gasteiger partial charge in [-0.15, -0.1) is 0 Å². The van der Waals surface area contributed by atoms with Crippen molar-refractivity contribution in [2.75, 3.05) is 12.4 Å². The van der Waals surface area contributed by atoms with Crippen LogP contribution in [0.15, 0.2) is 36.4 Å². The van der Waals surface area contributed by atoms with Crippen LogP contribution in [0.1, 0.15) is 23.6 Å². The lowest BCUT2D eigenvalue weighted by Gasteiger charge is -2.12. The number of thiazole rings is 1. The minimum absolute atomic E-state index is 0.207. The van der Waals surface area contributed by atoms with Gasteiger partial charge in [-0.3, -0.25) is 10.1 Å². The van der Waals surface area contributed by atoms with E-state index < -0.39 is 6.10 Å². The molecule has 0 aliphatic rings. The number of benzene rings is 2. The van der Waals surface area contributed by atoms with Crippen molar-refractivity contribution in [1.29, 1.82) is 0 Å². The lowest BCUT2D eigenvalue weighted by Crippen LogP contribution is -2.27. The summed E-state index contributed by atoms with van der Waals surface area (Å²) in [5.74, 6) is 0.560. The summed E-state index contributed by atoms with van der Waals surface area (Å²) in [5, 5.41) is 3.45. The second kappa shape index (κ2) is 7.85. The van der Waals surface area contributed by atoms with E-state index in [4.69, 9.17) is 9.47 Å². The number of hydrogen-bond acceptors (Lipinski definition) is 5. The fourth-order valence-electron chi connectivity index (χ4n) is 2.69. The van der Waals surface area contributed by atoms with Gasteiger partial charge in [-0.1, -0.05) is 29.5 Å². The summed E-state index contributed by atoms with van der Waals surface area (Å²) >= 11 is 1.48. The number of carbonyl (C=O) groups is 1. The SMILES string of the molecule is COc1cccc(COC(C)C(=O)Nc2nc3c(C)cc(C)cc3s2)c1. The van der Waals surface area contributed by atoms with Gasteiger partial charge in [0.1, 0.15) is 11.9 Å². The van der Waals surface area contributed by atoms with Crippen LogP contribution >= 0.6 is 11.3 Å². The van der Waals surface area contributed by atoms with Crippen LogP contribution in [-0.4, -0.2) is 24.1 Å². The molecule has 2 aromatic carbocycles. The molecular formula is C20H22N2O3S. The Morgan fingerprint density at radius 2 is 2.08 bits per heavy atom. The molecule has 6 heteroatoms. The number of methoxy groups -OCH3 is 1. The third-order valence-corrected chi connectivity index (χ3v) is 4.98. The van der Waals surface area contributed by atoms with Crippen LogP contribution in [-0.2, 0) is 16.1 Å². The number of rotatable bonds is 6. The largest absolute Gasteiger partial charge is 0.497 e. The number of nitrogens with one attached hydrogen (secondary N) is 1. The number of carbonyl (C=O) groups excluding carboxylic acids is 1. The van der Waals surface area contributed by atoms with Gasteiger partial charge in [-0.05, 0) is 55.7 Å². The maximum atomic E-state index is 12.4. The van der Waals surface area contributed by atoms with Crippen LogP contribution in [0.25, 0.3) is 10.2 Å². The van der Waals surface area contributed by atoms with Gasteiger partial charge in [-0.2, -0.15) is 0 Å². The van der Waals surface area contributed by atoms with Crippen LogP contribution in [0.4, 0.5) is 5.13 Å². The van der Waals surface area contributed by atoms with Crippen molar-refractivity contribution < 1.29 is 14.3 Å². The van der Waals surface area contributed by atoms with Gasteiger partial charge in [0.15, 0.2) is 5.13 Å². The molecule has 1 heterocycles. The van der Waals surface area contributed by atoms with E-state index >= 15 is 0 Å². The Balaban J connectivity index is 1.63. The first kappa shape index (κ1) is 18.4. The first-order chi connectivity index (χ1) is 12.5. The number of nitrogens with zero attached hydrogens (tertiary/aromatic N) is 1. The molecule has 3 rings (SSSR count). The maximum absolute atomic E-state index is 12.4. The molecule has 0 saturated carbocycles. The molecule has 0 radical (unpaired) electrons. The number of aryl methyl sites for hydroxylation is 2. The maximum Gasteiger partial charge on any atom is 0.255 e. The van der Waals surface area contributed by atoms with Crippen LogP contribution in [0.3, 0.4) is 0 Å². The number of hydrogen-bond donors (Lipinski definition) is 1. The third-order valence-electron chi connectivity index (χ3n) is 4.06. The van der Waals surface area contributed by atoms with Gasteiger partial charge in [0.2, 0.25) is 0 Å². The van der Waals surface area contributed by atoms with Gasteiger partial charge in [-0.25, -0.2) is 4.98 Å². The molecule has 0 saturated heterocycles. The molecule has 5 nitrogen and oxygen atoms in total. The first-order valence-corrected chi connectivity index (χ1v) is 9.21. The number of anilines is 1. The van der Waals surface area contributed by atoms with Crippen LogP contribution in [0.5, 0.6) is 5.75 Å². The summed E-state index contributed by atoms with van der Waals surface area (Å²) in [7, 11) is 1.62. The molecule has 1 N–H and O–H groups in total. The molecule has 1 amide bonds. The highest BCUT2D eigenvalue weighted by Gasteiger charge is 2.16.